The van der Waals surface area contributed by atoms with E-state index in [0.717, 1.165) is 16.7 Å². The van der Waals surface area contributed by atoms with Crippen molar-refractivity contribution in [3.05, 3.63) is 47.0 Å². The van der Waals surface area contributed by atoms with Crippen LogP contribution in [0.3, 0.4) is 0 Å². The Morgan fingerprint density at radius 2 is 2.11 bits per heavy atom. The minimum absolute atomic E-state index is 0.0767. The van der Waals surface area contributed by atoms with Crippen LogP contribution in [0.2, 0.25) is 0 Å². The summed E-state index contributed by atoms with van der Waals surface area (Å²) in [7, 11) is 0. The predicted octanol–water partition coefficient (Wildman–Crippen LogP) is 0.784. The highest BCUT2D eigenvalue weighted by Crippen LogP contribution is 2.35. The number of aliphatic imine (C=N–C) groups is 3. The maximum absolute atomic E-state index is 9.17. The monoisotopic (exact) mass is 254 g/mol. The number of benzene rings is 1. The standard InChI is InChI=1S/C14H14N4O/c15-14(11-4-2-1-3-10(11)6-8-19)12-5-7-16-13(12)17-9-18-14/h1-5,7,9,19H,6,8,15H2. The normalized spacial score (nSPS) is 24.1. The first-order chi connectivity index (χ1) is 9.25. The summed E-state index contributed by atoms with van der Waals surface area (Å²) in [5.41, 5.74) is 8.17. The number of allylic oxidation sites excluding steroid dienone is 1. The van der Waals surface area contributed by atoms with Gasteiger partial charge in [-0.25, -0.2) is 15.0 Å². The largest absolute Gasteiger partial charge is 0.396 e. The number of rotatable bonds is 3. The van der Waals surface area contributed by atoms with E-state index in [1.54, 1.807) is 6.21 Å². The summed E-state index contributed by atoms with van der Waals surface area (Å²) in [6, 6.07) is 7.74. The fourth-order valence-corrected chi connectivity index (χ4v) is 2.42. The van der Waals surface area contributed by atoms with E-state index in [1.807, 2.05) is 30.3 Å². The molecule has 1 aromatic rings. The molecule has 5 nitrogen and oxygen atoms in total. The number of nitrogens with two attached hydrogens (primary N) is 1. The van der Waals surface area contributed by atoms with Gasteiger partial charge in [-0.2, -0.15) is 0 Å². The van der Waals surface area contributed by atoms with Crippen molar-refractivity contribution in [2.24, 2.45) is 20.7 Å². The zero-order valence-electron chi connectivity index (χ0n) is 10.3. The third-order valence-corrected chi connectivity index (χ3v) is 3.34. The van der Waals surface area contributed by atoms with Gasteiger partial charge in [0.2, 0.25) is 0 Å². The molecule has 0 aromatic heterocycles. The van der Waals surface area contributed by atoms with Crippen molar-refractivity contribution in [2.75, 3.05) is 6.61 Å². The molecule has 0 fully saturated rings. The zero-order valence-corrected chi connectivity index (χ0v) is 10.3. The molecular weight excluding hydrogens is 240 g/mol. The van der Waals surface area contributed by atoms with Gasteiger partial charge >= 0.3 is 0 Å². The Morgan fingerprint density at radius 1 is 1.26 bits per heavy atom. The number of amidine groups is 1. The highest BCUT2D eigenvalue weighted by molar-refractivity contribution is 6.15. The molecule has 96 valence electrons. The maximum Gasteiger partial charge on any atom is 0.165 e. The fraction of sp³-hybridized carbons (Fsp3) is 0.214. The van der Waals surface area contributed by atoms with Crippen molar-refractivity contribution in [1.29, 1.82) is 0 Å². The number of aliphatic hydroxyl groups excluding tert-OH is 1. The summed E-state index contributed by atoms with van der Waals surface area (Å²) >= 11 is 0. The van der Waals surface area contributed by atoms with Crippen LogP contribution in [0.15, 0.2) is 50.9 Å². The predicted molar refractivity (Wildman–Crippen MR) is 75.6 cm³/mol. The van der Waals surface area contributed by atoms with Crippen LogP contribution in [0, 0.1) is 0 Å². The molecular formula is C14H14N4O. The minimum Gasteiger partial charge on any atom is -0.396 e. The van der Waals surface area contributed by atoms with Crippen LogP contribution in [0.4, 0.5) is 0 Å². The Hall–Kier alpha value is -2.11. The van der Waals surface area contributed by atoms with E-state index in [9.17, 15) is 5.11 Å². The summed E-state index contributed by atoms with van der Waals surface area (Å²) in [4.78, 5) is 12.6. The Bertz CT molecular complexity index is 630. The second kappa shape index (κ2) is 4.53. The summed E-state index contributed by atoms with van der Waals surface area (Å²) in [6.07, 6.45) is 5.51. The lowest BCUT2D eigenvalue weighted by Crippen LogP contribution is -2.41. The van der Waals surface area contributed by atoms with Gasteiger partial charge in [0.15, 0.2) is 11.5 Å². The van der Waals surface area contributed by atoms with Crippen LogP contribution in [-0.2, 0) is 12.1 Å². The molecule has 2 aliphatic heterocycles. The molecule has 3 N–H and O–H groups in total. The van der Waals surface area contributed by atoms with E-state index in [4.69, 9.17) is 5.73 Å². The van der Waals surface area contributed by atoms with Gasteiger partial charge in [-0.3, -0.25) is 5.73 Å². The van der Waals surface area contributed by atoms with Crippen LogP contribution in [0.1, 0.15) is 11.1 Å². The number of nitrogens with zero attached hydrogens (tertiary/aromatic N) is 3. The molecule has 0 bridgehead atoms. The lowest BCUT2D eigenvalue weighted by Gasteiger charge is -2.30. The molecule has 1 aromatic carbocycles. The molecule has 1 unspecified atom stereocenters. The fourth-order valence-electron chi connectivity index (χ4n) is 2.42. The van der Waals surface area contributed by atoms with Gasteiger partial charge in [-0.1, -0.05) is 24.3 Å². The average Bonchev–Trinajstić information content (AvgIpc) is 2.90. The van der Waals surface area contributed by atoms with Crippen LogP contribution >= 0.6 is 0 Å². The number of aliphatic hydroxyl groups is 1. The van der Waals surface area contributed by atoms with Crippen molar-refractivity contribution in [1.82, 2.24) is 0 Å². The lowest BCUT2D eigenvalue weighted by molar-refractivity contribution is 0.298. The summed E-state index contributed by atoms with van der Waals surface area (Å²) in [5, 5.41) is 9.17. The van der Waals surface area contributed by atoms with Gasteiger partial charge in [0.25, 0.3) is 0 Å². The molecule has 1 atom stereocenters. The van der Waals surface area contributed by atoms with Gasteiger partial charge in [-0.05, 0) is 18.1 Å². The first-order valence-electron chi connectivity index (χ1n) is 6.10. The lowest BCUT2D eigenvalue weighted by atomic mass is 9.87. The number of hydrogen-bond donors (Lipinski definition) is 2. The van der Waals surface area contributed by atoms with E-state index < -0.39 is 5.66 Å². The molecule has 0 spiro atoms. The van der Waals surface area contributed by atoms with E-state index in [2.05, 4.69) is 15.0 Å². The molecule has 0 radical (unpaired) electrons. The first-order valence-corrected chi connectivity index (χ1v) is 6.10. The van der Waals surface area contributed by atoms with Crippen LogP contribution in [0.5, 0.6) is 0 Å². The molecule has 19 heavy (non-hydrogen) atoms. The molecule has 0 saturated carbocycles. The van der Waals surface area contributed by atoms with Crippen molar-refractivity contribution in [3.63, 3.8) is 0 Å². The van der Waals surface area contributed by atoms with E-state index in [-0.39, 0.29) is 6.61 Å². The van der Waals surface area contributed by atoms with Crippen LogP contribution < -0.4 is 5.73 Å². The second-order valence-corrected chi connectivity index (χ2v) is 4.45. The third kappa shape index (κ3) is 1.83. The maximum atomic E-state index is 9.17. The Morgan fingerprint density at radius 3 is 2.95 bits per heavy atom. The number of hydrogen-bond acceptors (Lipinski definition) is 5. The van der Waals surface area contributed by atoms with Crippen molar-refractivity contribution in [3.8, 4) is 0 Å². The van der Waals surface area contributed by atoms with Gasteiger partial charge in [0, 0.05) is 24.0 Å². The molecule has 0 saturated heterocycles. The Balaban J connectivity index is 2.11. The smallest absolute Gasteiger partial charge is 0.165 e. The van der Waals surface area contributed by atoms with Gasteiger partial charge < -0.3 is 5.11 Å². The average molecular weight is 254 g/mol. The van der Waals surface area contributed by atoms with Gasteiger partial charge in [-0.15, -0.1) is 0 Å². The van der Waals surface area contributed by atoms with Crippen LogP contribution in [-0.4, -0.2) is 30.1 Å². The highest BCUT2D eigenvalue weighted by Gasteiger charge is 2.38. The van der Waals surface area contributed by atoms with Crippen molar-refractivity contribution >= 4 is 18.4 Å². The van der Waals surface area contributed by atoms with Crippen LogP contribution in [0.25, 0.3) is 0 Å². The molecule has 0 aliphatic carbocycles. The Labute approximate surface area is 110 Å². The van der Waals surface area contributed by atoms with Gasteiger partial charge in [0.1, 0.15) is 6.34 Å². The molecule has 2 heterocycles. The molecule has 3 rings (SSSR count). The number of fused-ring (bicyclic) bond motifs is 1. The van der Waals surface area contributed by atoms with E-state index in [1.165, 1.54) is 6.34 Å². The highest BCUT2D eigenvalue weighted by atomic mass is 16.2. The quantitative estimate of drug-likeness (QED) is 0.835. The molecule has 2 aliphatic rings. The van der Waals surface area contributed by atoms with Gasteiger partial charge in [0.05, 0.1) is 0 Å². The zero-order chi connectivity index (χ0) is 13.3. The molecule has 0 amide bonds. The second-order valence-electron chi connectivity index (χ2n) is 4.45. The summed E-state index contributed by atoms with van der Waals surface area (Å²) < 4.78 is 0. The van der Waals surface area contributed by atoms with E-state index >= 15 is 0 Å². The topological polar surface area (TPSA) is 83.3 Å². The molecule has 5 heteroatoms. The SMILES string of the molecule is NC1(c2ccccc2CCO)N=CN=C2N=CC=C21. The third-order valence-electron chi connectivity index (χ3n) is 3.34. The van der Waals surface area contributed by atoms with Crippen molar-refractivity contribution < 1.29 is 5.11 Å². The van der Waals surface area contributed by atoms with E-state index in [0.29, 0.717) is 12.3 Å². The first kappa shape index (κ1) is 12.0. The summed E-state index contributed by atoms with van der Waals surface area (Å²) in [6.45, 7) is 0.0767. The minimum atomic E-state index is -0.973. The van der Waals surface area contributed by atoms with Crippen molar-refractivity contribution in [2.45, 2.75) is 12.1 Å². The summed E-state index contributed by atoms with van der Waals surface area (Å²) in [5.74, 6) is 0.608. The Kier molecular flexibility index (Phi) is 2.85.